The van der Waals surface area contributed by atoms with Crippen LogP contribution in [0.2, 0.25) is 0 Å². The van der Waals surface area contributed by atoms with Gasteiger partial charge in [0.05, 0.1) is 4.92 Å². The van der Waals surface area contributed by atoms with Crippen molar-refractivity contribution in [2.45, 2.75) is 32.4 Å². The number of carbonyl (C=O) groups is 1. The third-order valence-corrected chi connectivity index (χ3v) is 4.08. The highest BCUT2D eigenvalue weighted by atomic mass is 16.6. The Hall–Kier alpha value is -2.69. The maximum Gasteiger partial charge on any atom is 0.272 e. The van der Waals surface area contributed by atoms with Crippen molar-refractivity contribution < 1.29 is 9.72 Å². The average Bonchev–Trinajstić information content (AvgIpc) is 3.37. The first kappa shape index (κ1) is 15.2. The van der Waals surface area contributed by atoms with E-state index >= 15 is 0 Å². The fourth-order valence-corrected chi connectivity index (χ4v) is 2.69. The van der Waals surface area contributed by atoms with E-state index in [0.29, 0.717) is 17.7 Å². The standard InChI is InChI=1S/C18H18N2O3/c1-13-11-15(7-10-17(13)20(22)23)18(21)19(16-8-9-16)12-14-5-3-2-4-6-14/h2-7,10-11,16H,8-9,12H2,1H3. The van der Waals surface area contributed by atoms with Crippen LogP contribution < -0.4 is 0 Å². The number of rotatable bonds is 5. The Kier molecular flexibility index (Phi) is 4.10. The van der Waals surface area contributed by atoms with Crippen LogP contribution in [0.1, 0.15) is 34.3 Å². The SMILES string of the molecule is Cc1cc(C(=O)N(Cc2ccccc2)C2CC2)ccc1[N+](=O)[O-]. The molecule has 0 N–H and O–H groups in total. The van der Waals surface area contributed by atoms with Crippen molar-refractivity contribution in [3.05, 3.63) is 75.3 Å². The highest BCUT2D eigenvalue weighted by Gasteiger charge is 2.33. The van der Waals surface area contributed by atoms with Crippen LogP contribution >= 0.6 is 0 Å². The molecule has 0 spiro atoms. The number of benzene rings is 2. The van der Waals surface area contributed by atoms with Crippen molar-refractivity contribution in [2.24, 2.45) is 0 Å². The fourth-order valence-electron chi connectivity index (χ4n) is 2.69. The van der Waals surface area contributed by atoms with E-state index in [9.17, 15) is 14.9 Å². The third kappa shape index (κ3) is 3.39. The molecule has 0 unspecified atom stereocenters. The zero-order valence-corrected chi connectivity index (χ0v) is 12.9. The minimum absolute atomic E-state index is 0.0441. The van der Waals surface area contributed by atoms with Gasteiger partial charge in [0.25, 0.3) is 11.6 Å². The fraction of sp³-hybridized carbons (Fsp3) is 0.278. The lowest BCUT2D eigenvalue weighted by Crippen LogP contribution is -2.32. The highest BCUT2D eigenvalue weighted by Crippen LogP contribution is 2.30. The van der Waals surface area contributed by atoms with Gasteiger partial charge in [-0.05, 0) is 37.5 Å². The van der Waals surface area contributed by atoms with Crippen LogP contribution in [0.25, 0.3) is 0 Å². The predicted molar refractivity (Wildman–Crippen MR) is 87.2 cm³/mol. The van der Waals surface area contributed by atoms with Gasteiger partial charge in [0, 0.05) is 29.8 Å². The molecule has 5 nitrogen and oxygen atoms in total. The van der Waals surface area contributed by atoms with Crippen LogP contribution in [0.5, 0.6) is 0 Å². The van der Waals surface area contributed by atoms with Crippen molar-refractivity contribution in [1.82, 2.24) is 4.90 Å². The van der Waals surface area contributed by atoms with E-state index in [0.717, 1.165) is 18.4 Å². The zero-order valence-electron chi connectivity index (χ0n) is 12.9. The van der Waals surface area contributed by atoms with Crippen molar-refractivity contribution in [2.75, 3.05) is 0 Å². The van der Waals surface area contributed by atoms with Crippen LogP contribution in [-0.4, -0.2) is 21.8 Å². The number of hydrogen-bond donors (Lipinski definition) is 0. The molecule has 23 heavy (non-hydrogen) atoms. The summed E-state index contributed by atoms with van der Waals surface area (Å²) in [6.45, 7) is 2.23. The number of hydrogen-bond acceptors (Lipinski definition) is 3. The topological polar surface area (TPSA) is 63.5 Å². The maximum absolute atomic E-state index is 12.8. The Bertz CT molecular complexity index is 739. The molecule has 0 heterocycles. The second kappa shape index (κ2) is 6.20. The molecule has 0 radical (unpaired) electrons. The summed E-state index contributed by atoms with van der Waals surface area (Å²) in [7, 11) is 0. The van der Waals surface area contributed by atoms with E-state index in [1.807, 2.05) is 35.2 Å². The summed E-state index contributed by atoms with van der Waals surface area (Å²) < 4.78 is 0. The molecule has 118 valence electrons. The molecule has 2 aromatic carbocycles. The minimum atomic E-state index is -0.424. The summed E-state index contributed by atoms with van der Waals surface area (Å²) in [5.41, 5.74) is 2.15. The van der Waals surface area contributed by atoms with Crippen molar-refractivity contribution >= 4 is 11.6 Å². The Balaban J connectivity index is 1.84. The summed E-state index contributed by atoms with van der Waals surface area (Å²) in [6, 6.07) is 14.7. The smallest absolute Gasteiger partial charge is 0.272 e. The van der Waals surface area contributed by atoms with Gasteiger partial charge in [0.2, 0.25) is 0 Å². The molecular weight excluding hydrogens is 292 g/mol. The molecule has 1 aliphatic rings. The molecule has 5 heteroatoms. The van der Waals surface area contributed by atoms with Crippen LogP contribution in [0, 0.1) is 17.0 Å². The zero-order chi connectivity index (χ0) is 16.4. The number of nitro benzene ring substituents is 1. The van der Waals surface area contributed by atoms with Gasteiger partial charge < -0.3 is 4.90 Å². The largest absolute Gasteiger partial charge is 0.331 e. The molecule has 0 atom stereocenters. The molecule has 0 aliphatic heterocycles. The van der Waals surface area contributed by atoms with Gasteiger partial charge in [0.1, 0.15) is 0 Å². The summed E-state index contributed by atoms with van der Waals surface area (Å²) in [5, 5.41) is 10.9. The van der Waals surface area contributed by atoms with E-state index in [1.165, 1.54) is 6.07 Å². The van der Waals surface area contributed by atoms with Gasteiger partial charge >= 0.3 is 0 Å². The molecule has 1 fully saturated rings. The number of aryl methyl sites for hydroxylation is 1. The Morgan fingerprint density at radius 3 is 2.48 bits per heavy atom. The first-order chi connectivity index (χ1) is 11.1. The predicted octanol–water partition coefficient (Wildman–Crippen LogP) is 3.71. The van der Waals surface area contributed by atoms with E-state index in [1.54, 1.807) is 19.1 Å². The molecule has 0 saturated heterocycles. The summed E-state index contributed by atoms with van der Waals surface area (Å²) in [4.78, 5) is 25.2. The number of nitro groups is 1. The van der Waals surface area contributed by atoms with Crippen molar-refractivity contribution in [1.29, 1.82) is 0 Å². The monoisotopic (exact) mass is 310 g/mol. The molecular formula is C18H18N2O3. The van der Waals surface area contributed by atoms with Gasteiger partial charge in [-0.2, -0.15) is 0 Å². The molecule has 3 rings (SSSR count). The Morgan fingerprint density at radius 1 is 1.22 bits per heavy atom. The number of amides is 1. The highest BCUT2D eigenvalue weighted by molar-refractivity contribution is 5.95. The van der Waals surface area contributed by atoms with Gasteiger partial charge in [-0.15, -0.1) is 0 Å². The summed E-state index contributed by atoms with van der Waals surface area (Å²) >= 11 is 0. The summed E-state index contributed by atoms with van der Waals surface area (Å²) in [6.07, 6.45) is 2.04. The van der Waals surface area contributed by atoms with Gasteiger partial charge in [-0.1, -0.05) is 30.3 Å². The van der Waals surface area contributed by atoms with Crippen molar-refractivity contribution in [3.63, 3.8) is 0 Å². The lowest BCUT2D eigenvalue weighted by Gasteiger charge is -2.23. The molecule has 2 aromatic rings. The van der Waals surface area contributed by atoms with E-state index in [-0.39, 0.29) is 17.6 Å². The van der Waals surface area contributed by atoms with Gasteiger partial charge in [-0.25, -0.2) is 0 Å². The quantitative estimate of drug-likeness (QED) is 0.624. The van der Waals surface area contributed by atoms with Crippen LogP contribution in [-0.2, 0) is 6.54 Å². The second-order valence-electron chi connectivity index (χ2n) is 5.91. The first-order valence-corrected chi connectivity index (χ1v) is 7.66. The Labute approximate surface area is 134 Å². The minimum Gasteiger partial charge on any atom is -0.331 e. The van der Waals surface area contributed by atoms with Crippen LogP contribution in [0.3, 0.4) is 0 Å². The average molecular weight is 310 g/mol. The van der Waals surface area contributed by atoms with E-state index in [4.69, 9.17) is 0 Å². The lowest BCUT2D eigenvalue weighted by atomic mass is 10.1. The van der Waals surface area contributed by atoms with Crippen LogP contribution in [0.15, 0.2) is 48.5 Å². The van der Waals surface area contributed by atoms with Crippen LogP contribution in [0.4, 0.5) is 5.69 Å². The second-order valence-corrected chi connectivity index (χ2v) is 5.91. The molecule has 0 aromatic heterocycles. The third-order valence-electron chi connectivity index (χ3n) is 4.08. The molecule has 0 bridgehead atoms. The van der Waals surface area contributed by atoms with Gasteiger partial charge in [0.15, 0.2) is 0 Å². The molecule has 1 amide bonds. The lowest BCUT2D eigenvalue weighted by molar-refractivity contribution is -0.385. The van der Waals surface area contributed by atoms with Gasteiger partial charge in [-0.3, -0.25) is 14.9 Å². The number of nitrogens with zero attached hydrogens (tertiary/aromatic N) is 2. The van der Waals surface area contributed by atoms with E-state index < -0.39 is 4.92 Å². The number of carbonyl (C=O) groups excluding carboxylic acids is 1. The normalized spacial score (nSPS) is 13.6. The molecule has 1 saturated carbocycles. The Morgan fingerprint density at radius 2 is 1.91 bits per heavy atom. The maximum atomic E-state index is 12.8. The first-order valence-electron chi connectivity index (χ1n) is 7.66. The molecule has 1 aliphatic carbocycles. The van der Waals surface area contributed by atoms with E-state index in [2.05, 4.69) is 0 Å². The van der Waals surface area contributed by atoms with Crippen molar-refractivity contribution in [3.8, 4) is 0 Å². The summed E-state index contributed by atoms with van der Waals surface area (Å²) in [5.74, 6) is -0.0608.